The van der Waals surface area contributed by atoms with Crippen molar-refractivity contribution in [1.29, 1.82) is 0 Å². The number of aromatic carboxylic acids is 1. The number of benzene rings is 2. The van der Waals surface area contributed by atoms with Crippen LogP contribution < -0.4 is 14.5 Å². The van der Waals surface area contributed by atoms with Crippen LogP contribution >= 0.6 is 0 Å². The van der Waals surface area contributed by atoms with Crippen LogP contribution in [0.25, 0.3) is 6.08 Å². The maximum atomic E-state index is 12.9. The Hall–Kier alpha value is -3.61. The van der Waals surface area contributed by atoms with Gasteiger partial charge in [-0.2, -0.15) is 10.1 Å². The number of carboxylic acids is 1. The largest absolute Gasteiger partial charge is 0.493 e. The smallest absolute Gasteiger partial charge is 0.335 e. The van der Waals surface area contributed by atoms with Crippen molar-refractivity contribution >= 4 is 29.4 Å². The molecule has 3 rings (SSSR count). The van der Waals surface area contributed by atoms with Gasteiger partial charge in [-0.05, 0) is 55.3 Å². The van der Waals surface area contributed by atoms with E-state index in [0.29, 0.717) is 35.1 Å². The zero-order valence-corrected chi connectivity index (χ0v) is 17.2. The van der Waals surface area contributed by atoms with Gasteiger partial charge in [-0.15, -0.1) is 0 Å². The fourth-order valence-corrected chi connectivity index (χ4v) is 3.02. The molecule has 0 spiro atoms. The summed E-state index contributed by atoms with van der Waals surface area (Å²) >= 11 is 0. The van der Waals surface area contributed by atoms with Crippen LogP contribution in [0.15, 0.2) is 53.1 Å². The Morgan fingerprint density at radius 3 is 2.70 bits per heavy atom. The minimum atomic E-state index is -1.06. The molecule has 0 fully saturated rings. The fraction of sp³-hybridized carbons (Fsp3) is 0.261. The predicted molar refractivity (Wildman–Crippen MR) is 115 cm³/mol. The highest BCUT2D eigenvalue weighted by atomic mass is 16.5. The normalized spacial score (nSPS) is 14.8. The molecule has 0 bridgehead atoms. The number of carboxylic acid groups (broad SMARTS) is 1. The number of carbonyl (C=O) groups is 2. The number of hydrazone groups is 1. The molecule has 0 atom stereocenters. The Balaban J connectivity index is 1.86. The molecular formula is C23H24N2O5. The van der Waals surface area contributed by atoms with Crippen molar-refractivity contribution in [1.82, 2.24) is 0 Å². The van der Waals surface area contributed by atoms with Crippen molar-refractivity contribution in [2.75, 3.05) is 18.7 Å². The highest BCUT2D eigenvalue weighted by molar-refractivity contribution is 6.32. The van der Waals surface area contributed by atoms with Crippen LogP contribution in [0.2, 0.25) is 0 Å². The van der Waals surface area contributed by atoms with Gasteiger partial charge in [0, 0.05) is 0 Å². The number of unbranched alkanes of at least 4 members (excludes halogenated alkanes) is 1. The van der Waals surface area contributed by atoms with Gasteiger partial charge in [-0.25, -0.2) is 4.79 Å². The third kappa shape index (κ3) is 4.51. The van der Waals surface area contributed by atoms with E-state index in [1.165, 1.54) is 17.1 Å². The molecule has 1 heterocycles. The summed E-state index contributed by atoms with van der Waals surface area (Å²) in [5.74, 6) is -0.138. The summed E-state index contributed by atoms with van der Waals surface area (Å²) in [7, 11) is 1.57. The lowest BCUT2D eigenvalue weighted by atomic mass is 10.1. The van der Waals surface area contributed by atoms with Crippen LogP contribution in [0, 0.1) is 0 Å². The van der Waals surface area contributed by atoms with Gasteiger partial charge in [0.05, 0.1) is 36.3 Å². The number of carbonyl (C=O) groups excluding carboxylic acids is 1. The molecule has 156 valence electrons. The Bertz CT molecular complexity index is 1030. The maximum Gasteiger partial charge on any atom is 0.335 e. The van der Waals surface area contributed by atoms with Gasteiger partial charge in [0.1, 0.15) is 0 Å². The van der Waals surface area contributed by atoms with Crippen LogP contribution in [-0.2, 0) is 4.79 Å². The van der Waals surface area contributed by atoms with Crippen molar-refractivity contribution in [3.63, 3.8) is 0 Å². The number of amides is 1. The van der Waals surface area contributed by atoms with Gasteiger partial charge in [0.2, 0.25) is 0 Å². The van der Waals surface area contributed by atoms with E-state index in [2.05, 4.69) is 12.0 Å². The van der Waals surface area contributed by atoms with E-state index >= 15 is 0 Å². The third-order valence-corrected chi connectivity index (χ3v) is 4.65. The molecule has 7 nitrogen and oxygen atoms in total. The summed E-state index contributed by atoms with van der Waals surface area (Å²) in [5.41, 5.74) is 2.24. The highest BCUT2D eigenvalue weighted by Crippen LogP contribution is 2.31. The number of nitrogens with zero attached hydrogens (tertiary/aromatic N) is 2. The van der Waals surface area contributed by atoms with Gasteiger partial charge < -0.3 is 14.6 Å². The summed E-state index contributed by atoms with van der Waals surface area (Å²) in [4.78, 5) is 24.2. The molecule has 30 heavy (non-hydrogen) atoms. The summed E-state index contributed by atoms with van der Waals surface area (Å²) in [6.45, 7) is 4.45. The molecule has 1 aliphatic heterocycles. The van der Waals surface area contributed by atoms with Crippen LogP contribution in [0.1, 0.15) is 42.6 Å². The van der Waals surface area contributed by atoms with Crippen molar-refractivity contribution in [2.45, 2.75) is 26.7 Å². The number of rotatable bonds is 8. The minimum absolute atomic E-state index is 0.0916. The standard InChI is InChI=1S/C23H24N2O5/c1-4-5-11-30-20-10-9-16(13-21(20)29-3)12-19-15(2)24-25(22(19)26)18-8-6-7-17(14-18)23(27)28/h6-10,12-14H,4-5,11H2,1-3H3,(H,27,28)/b19-12-. The second-order valence-corrected chi connectivity index (χ2v) is 6.83. The summed E-state index contributed by atoms with van der Waals surface area (Å²) in [6, 6.07) is 11.6. The molecule has 0 radical (unpaired) electrons. The quantitative estimate of drug-likeness (QED) is 0.517. The lowest BCUT2D eigenvalue weighted by molar-refractivity contribution is -0.114. The molecule has 2 aromatic carbocycles. The molecule has 0 saturated carbocycles. The van der Waals surface area contributed by atoms with Crippen LogP contribution in [0.5, 0.6) is 11.5 Å². The first-order valence-corrected chi connectivity index (χ1v) is 9.70. The van der Waals surface area contributed by atoms with Crippen molar-refractivity contribution in [2.24, 2.45) is 5.10 Å². The first kappa shape index (κ1) is 21.1. The van der Waals surface area contributed by atoms with Crippen LogP contribution in [0.3, 0.4) is 0 Å². The van der Waals surface area contributed by atoms with E-state index in [4.69, 9.17) is 9.47 Å². The molecule has 1 amide bonds. The number of hydrogen-bond donors (Lipinski definition) is 1. The van der Waals surface area contributed by atoms with E-state index in [1.54, 1.807) is 32.2 Å². The summed E-state index contributed by atoms with van der Waals surface area (Å²) in [5, 5.41) is 14.7. The molecule has 0 aliphatic carbocycles. The predicted octanol–water partition coefficient (Wildman–Crippen LogP) is 4.38. The molecular weight excluding hydrogens is 384 g/mol. The molecule has 1 N–H and O–H groups in total. The lowest BCUT2D eigenvalue weighted by Gasteiger charge is -2.12. The zero-order valence-electron chi connectivity index (χ0n) is 17.2. The average Bonchev–Trinajstić information content (AvgIpc) is 3.03. The molecule has 0 aromatic heterocycles. The van der Waals surface area contributed by atoms with E-state index in [-0.39, 0.29) is 11.5 Å². The molecule has 2 aromatic rings. The molecule has 1 aliphatic rings. The highest BCUT2D eigenvalue weighted by Gasteiger charge is 2.29. The number of hydrogen-bond acceptors (Lipinski definition) is 5. The van der Waals surface area contributed by atoms with E-state index < -0.39 is 5.97 Å². The van der Waals surface area contributed by atoms with Crippen LogP contribution in [-0.4, -0.2) is 36.4 Å². The second-order valence-electron chi connectivity index (χ2n) is 6.83. The van der Waals surface area contributed by atoms with Gasteiger partial charge >= 0.3 is 5.97 Å². The number of methoxy groups -OCH3 is 1. The summed E-state index contributed by atoms with van der Waals surface area (Å²) < 4.78 is 11.2. The van der Waals surface area contributed by atoms with Crippen molar-refractivity contribution in [3.8, 4) is 11.5 Å². The fourth-order valence-electron chi connectivity index (χ4n) is 3.02. The average molecular weight is 408 g/mol. The zero-order chi connectivity index (χ0) is 21.7. The van der Waals surface area contributed by atoms with Gasteiger partial charge in [-0.3, -0.25) is 4.79 Å². The first-order valence-electron chi connectivity index (χ1n) is 9.70. The monoisotopic (exact) mass is 408 g/mol. The van der Waals surface area contributed by atoms with E-state index in [9.17, 15) is 14.7 Å². The van der Waals surface area contributed by atoms with Crippen molar-refractivity contribution in [3.05, 3.63) is 59.2 Å². The number of anilines is 1. The van der Waals surface area contributed by atoms with Gasteiger partial charge in [0.15, 0.2) is 11.5 Å². The molecule has 0 unspecified atom stereocenters. The maximum absolute atomic E-state index is 12.9. The Labute approximate surface area is 175 Å². The Morgan fingerprint density at radius 1 is 1.20 bits per heavy atom. The second kappa shape index (κ2) is 9.26. The van der Waals surface area contributed by atoms with Crippen molar-refractivity contribution < 1.29 is 24.2 Å². The third-order valence-electron chi connectivity index (χ3n) is 4.65. The van der Waals surface area contributed by atoms with Gasteiger partial charge in [0.25, 0.3) is 5.91 Å². The summed E-state index contributed by atoms with van der Waals surface area (Å²) in [6.07, 6.45) is 3.73. The Kier molecular flexibility index (Phi) is 6.51. The van der Waals surface area contributed by atoms with Crippen LogP contribution in [0.4, 0.5) is 5.69 Å². The Morgan fingerprint density at radius 2 is 2.00 bits per heavy atom. The SMILES string of the molecule is CCCCOc1ccc(/C=C2\C(=O)N(c3cccc(C(=O)O)c3)N=C2C)cc1OC. The lowest BCUT2D eigenvalue weighted by Crippen LogP contribution is -2.21. The molecule has 7 heteroatoms. The first-order chi connectivity index (χ1) is 14.4. The van der Waals surface area contributed by atoms with E-state index in [0.717, 1.165) is 18.4 Å². The van der Waals surface area contributed by atoms with E-state index in [1.807, 2.05) is 18.2 Å². The van der Waals surface area contributed by atoms with Gasteiger partial charge in [-0.1, -0.05) is 25.5 Å². The number of ether oxygens (including phenoxy) is 2. The molecule has 0 saturated heterocycles. The minimum Gasteiger partial charge on any atom is -0.493 e. The topological polar surface area (TPSA) is 88.4 Å².